The summed E-state index contributed by atoms with van der Waals surface area (Å²) in [6, 6.07) is 0. The highest BCUT2D eigenvalue weighted by molar-refractivity contribution is 7.89. The first-order valence-corrected chi connectivity index (χ1v) is 6.01. The normalized spacial score (nSPS) is 13.7. The maximum absolute atomic E-state index is 11.1. The summed E-state index contributed by atoms with van der Waals surface area (Å²) in [5.74, 6) is 0.135. The molecule has 0 bridgehead atoms. The van der Waals surface area contributed by atoms with Gasteiger partial charge in [0.2, 0.25) is 10.0 Å². The Labute approximate surface area is 81.4 Å². The fourth-order valence-corrected chi connectivity index (χ4v) is 1.32. The largest absolute Gasteiger partial charge is 0.303 e. The summed E-state index contributed by atoms with van der Waals surface area (Å²) in [5.41, 5.74) is -0.151. The van der Waals surface area contributed by atoms with Gasteiger partial charge in [0.25, 0.3) is 0 Å². The Hall–Kier alpha value is -0.130. The third-order valence-corrected chi connectivity index (χ3v) is 3.66. The zero-order valence-electron chi connectivity index (χ0n) is 9.09. The zero-order valence-corrected chi connectivity index (χ0v) is 9.90. The molecule has 0 spiro atoms. The molecule has 0 atom stereocenters. The molecule has 13 heavy (non-hydrogen) atoms. The number of likely N-dealkylation sites (N-methyl/N-ethyl adjacent to an activating group) is 1. The molecule has 0 aromatic carbocycles. The Balaban J connectivity index is 4.18. The molecule has 0 fully saturated rings. The van der Waals surface area contributed by atoms with Crippen LogP contribution in [-0.4, -0.2) is 45.2 Å². The van der Waals surface area contributed by atoms with E-state index in [0.29, 0.717) is 6.54 Å². The van der Waals surface area contributed by atoms with Gasteiger partial charge in [0.15, 0.2) is 0 Å². The zero-order chi connectivity index (χ0) is 10.7. The molecule has 0 rings (SSSR count). The molecular formula is C8H20N2O2S. The molecular weight excluding hydrogens is 188 g/mol. The maximum atomic E-state index is 11.1. The van der Waals surface area contributed by atoms with Crippen LogP contribution in [0.25, 0.3) is 0 Å². The van der Waals surface area contributed by atoms with Gasteiger partial charge in [0.05, 0.1) is 5.75 Å². The Morgan fingerprint density at radius 3 is 2.08 bits per heavy atom. The molecule has 0 aliphatic rings. The number of hydrogen-bond acceptors (Lipinski definition) is 3. The highest BCUT2D eigenvalue weighted by Crippen LogP contribution is 2.08. The van der Waals surface area contributed by atoms with Crippen molar-refractivity contribution in [2.45, 2.75) is 26.3 Å². The maximum Gasteiger partial charge on any atom is 0.211 e. The fraction of sp³-hybridized carbons (Fsp3) is 1.00. The van der Waals surface area contributed by atoms with Crippen molar-refractivity contribution < 1.29 is 8.42 Å². The van der Waals surface area contributed by atoms with E-state index in [0.717, 1.165) is 0 Å². The van der Waals surface area contributed by atoms with Gasteiger partial charge >= 0.3 is 0 Å². The number of hydrogen-bond donors (Lipinski definition) is 1. The van der Waals surface area contributed by atoms with E-state index in [1.54, 1.807) is 6.92 Å². The number of nitrogens with zero attached hydrogens (tertiary/aromatic N) is 1. The van der Waals surface area contributed by atoms with Crippen LogP contribution in [0.2, 0.25) is 0 Å². The highest BCUT2D eigenvalue weighted by Gasteiger charge is 2.22. The molecule has 5 heteroatoms. The Morgan fingerprint density at radius 2 is 1.77 bits per heavy atom. The van der Waals surface area contributed by atoms with Gasteiger partial charge in [-0.2, -0.15) is 0 Å². The summed E-state index contributed by atoms with van der Waals surface area (Å²) in [7, 11) is 0.799. The van der Waals surface area contributed by atoms with Crippen LogP contribution >= 0.6 is 0 Å². The molecule has 0 heterocycles. The van der Waals surface area contributed by atoms with Crippen molar-refractivity contribution >= 4 is 10.0 Å². The lowest BCUT2D eigenvalue weighted by Gasteiger charge is -2.32. The molecule has 0 aliphatic carbocycles. The molecule has 0 aromatic rings. The summed E-state index contributed by atoms with van der Waals surface area (Å²) in [6.07, 6.45) is 0. The minimum atomic E-state index is -3.06. The molecule has 4 nitrogen and oxygen atoms in total. The van der Waals surface area contributed by atoms with Gasteiger partial charge in [0, 0.05) is 12.1 Å². The number of sulfonamides is 1. The van der Waals surface area contributed by atoms with Crippen LogP contribution in [-0.2, 0) is 10.0 Å². The monoisotopic (exact) mass is 208 g/mol. The highest BCUT2D eigenvalue weighted by atomic mass is 32.2. The van der Waals surface area contributed by atoms with Crippen LogP contribution in [0.3, 0.4) is 0 Å². The van der Waals surface area contributed by atoms with E-state index in [9.17, 15) is 8.42 Å². The summed E-state index contributed by atoms with van der Waals surface area (Å²) >= 11 is 0. The average molecular weight is 208 g/mol. The summed E-state index contributed by atoms with van der Waals surface area (Å²) in [4.78, 5) is 1.99. The predicted molar refractivity (Wildman–Crippen MR) is 55.2 cm³/mol. The topological polar surface area (TPSA) is 49.4 Å². The van der Waals surface area contributed by atoms with Crippen LogP contribution in [0.1, 0.15) is 20.8 Å². The van der Waals surface area contributed by atoms with Crippen molar-refractivity contribution in [2.24, 2.45) is 0 Å². The van der Waals surface area contributed by atoms with E-state index in [1.807, 2.05) is 32.8 Å². The van der Waals surface area contributed by atoms with Gasteiger partial charge in [-0.05, 0) is 34.9 Å². The summed E-state index contributed by atoms with van der Waals surface area (Å²) in [5, 5.41) is 0. The van der Waals surface area contributed by atoms with Gasteiger partial charge in [-0.1, -0.05) is 0 Å². The second kappa shape index (κ2) is 4.39. The van der Waals surface area contributed by atoms with Gasteiger partial charge in [-0.15, -0.1) is 0 Å². The first kappa shape index (κ1) is 12.9. The minimum Gasteiger partial charge on any atom is -0.303 e. The van der Waals surface area contributed by atoms with E-state index < -0.39 is 10.0 Å². The average Bonchev–Trinajstić information content (AvgIpc) is 2.01. The molecule has 0 unspecified atom stereocenters. The van der Waals surface area contributed by atoms with E-state index in [2.05, 4.69) is 4.72 Å². The SMILES string of the molecule is CCS(=O)(=O)NCC(C)(C)N(C)C. The fourth-order valence-electron chi connectivity index (χ4n) is 0.547. The second-order valence-electron chi connectivity index (χ2n) is 3.93. The van der Waals surface area contributed by atoms with Crippen LogP contribution in [0.15, 0.2) is 0 Å². The summed E-state index contributed by atoms with van der Waals surface area (Å²) in [6.45, 7) is 6.05. The second-order valence-corrected chi connectivity index (χ2v) is 6.03. The summed E-state index contributed by atoms with van der Waals surface area (Å²) < 4.78 is 24.8. The van der Waals surface area contributed by atoms with Crippen molar-refractivity contribution in [1.29, 1.82) is 0 Å². The third kappa shape index (κ3) is 4.59. The first-order chi connectivity index (χ1) is 5.71. The molecule has 0 saturated carbocycles. The van der Waals surface area contributed by atoms with Crippen molar-refractivity contribution in [3.8, 4) is 0 Å². The van der Waals surface area contributed by atoms with Crippen LogP contribution in [0.4, 0.5) is 0 Å². The number of rotatable bonds is 5. The molecule has 0 saturated heterocycles. The lowest BCUT2D eigenvalue weighted by atomic mass is 10.1. The molecule has 0 radical (unpaired) electrons. The molecule has 0 amide bonds. The molecule has 0 aliphatic heterocycles. The van der Waals surface area contributed by atoms with Crippen molar-refractivity contribution in [1.82, 2.24) is 9.62 Å². The predicted octanol–water partition coefficient (Wildman–Crippen LogP) is 0.266. The molecule has 80 valence electrons. The van der Waals surface area contributed by atoms with Crippen LogP contribution in [0.5, 0.6) is 0 Å². The quantitative estimate of drug-likeness (QED) is 0.705. The van der Waals surface area contributed by atoms with Crippen molar-refractivity contribution in [3.05, 3.63) is 0 Å². The minimum absolute atomic E-state index is 0.135. The Morgan fingerprint density at radius 1 is 1.31 bits per heavy atom. The van der Waals surface area contributed by atoms with Gasteiger partial charge in [0.1, 0.15) is 0 Å². The lowest BCUT2D eigenvalue weighted by molar-refractivity contribution is 0.199. The standard InChI is InChI=1S/C8H20N2O2S/c1-6-13(11,12)9-7-8(2,3)10(4)5/h9H,6-7H2,1-5H3. The van der Waals surface area contributed by atoms with Gasteiger partial charge in [-0.25, -0.2) is 13.1 Å². The molecule has 0 aromatic heterocycles. The Bertz CT molecular complexity index is 245. The van der Waals surface area contributed by atoms with Gasteiger partial charge < -0.3 is 4.90 Å². The van der Waals surface area contributed by atoms with Crippen molar-refractivity contribution in [2.75, 3.05) is 26.4 Å². The van der Waals surface area contributed by atoms with E-state index in [1.165, 1.54) is 0 Å². The van der Waals surface area contributed by atoms with Gasteiger partial charge in [-0.3, -0.25) is 0 Å². The number of nitrogens with one attached hydrogen (secondary N) is 1. The van der Waals surface area contributed by atoms with E-state index in [4.69, 9.17) is 0 Å². The third-order valence-electron chi connectivity index (χ3n) is 2.32. The van der Waals surface area contributed by atoms with E-state index in [-0.39, 0.29) is 11.3 Å². The smallest absolute Gasteiger partial charge is 0.211 e. The lowest BCUT2D eigenvalue weighted by Crippen LogP contribution is -2.48. The van der Waals surface area contributed by atoms with Crippen LogP contribution < -0.4 is 4.72 Å². The molecule has 1 N–H and O–H groups in total. The first-order valence-electron chi connectivity index (χ1n) is 4.36. The van der Waals surface area contributed by atoms with Crippen LogP contribution in [0, 0.1) is 0 Å². The van der Waals surface area contributed by atoms with E-state index >= 15 is 0 Å². The van der Waals surface area contributed by atoms with Crippen molar-refractivity contribution in [3.63, 3.8) is 0 Å². The Kier molecular flexibility index (Phi) is 4.35.